The van der Waals surface area contributed by atoms with Gasteiger partial charge in [0, 0.05) is 17.1 Å². The first-order valence-corrected chi connectivity index (χ1v) is 3.32. The van der Waals surface area contributed by atoms with Crippen LogP contribution in [0.2, 0.25) is 0 Å². The Morgan fingerprint density at radius 2 is 2.30 bits per heavy atom. The van der Waals surface area contributed by atoms with Gasteiger partial charge in [0.1, 0.15) is 0 Å². The highest BCUT2D eigenvalue weighted by Gasteiger charge is 1.94. The summed E-state index contributed by atoms with van der Waals surface area (Å²) in [5, 5.41) is 1.24. The van der Waals surface area contributed by atoms with Gasteiger partial charge in [0.05, 0.1) is 0 Å². The summed E-state index contributed by atoms with van der Waals surface area (Å²) in [5.74, 6) is 0. The highest BCUT2D eigenvalue weighted by Crippen LogP contribution is 2.14. The van der Waals surface area contributed by atoms with Gasteiger partial charge in [-0.25, -0.2) is 0 Å². The van der Waals surface area contributed by atoms with Crippen molar-refractivity contribution in [3.8, 4) is 0 Å². The molecule has 0 aliphatic carbocycles. The van der Waals surface area contributed by atoms with Crippen LogP contribution in [-0.4, -0.2) is 4.98 Å². The Kier molecular flexibility index (Phi) is 1.04. The largest absolute Gasteiger partial charge is 0.361 e. The molecule has 49 valence electrons. The molecule has 0 saturated heterocycles. The van der Waals surface area contributed by atoms with Gasteiger partial charge < -0.3 is 4.98 Å². The van der Waals surface area contributed by atoms with Crippen molar-refractivity contribution in [1.29, 1.82) is 0 Å². The Labute approximate surface area is 59.7 Å². The second-order valence-electron chi connectivity index (χ2n) is 2.45. The van der Waals surface area contributed by atoms with Gasteiger partial charge in [-0.1, -0.05) is 0 Å². The topological polar surface area (TPSA) is 15.8 Å². The summed E-state index contributed by atoms with van der Waals surface area (Å²) in [4.78, 5) is 3.17. The van der Waals surface area contributed by atoms with Gasteiger partial charge in [-0.05, 0) is 36.8 Å². The summed E-state index contributed by atoms with van der Waals surface area (Å²) < 4.78 is 0. The normalized spacial score (nSPS) is 10.5. The Morgan fingerprint density at radius 3 is 3.10 bits per heavy atom. The molecule has 0 fully saturated rings. The summed E-state index contributed by atoms with van der Waals surface area (Å²) >= 11 is 0. The second kappa shape index (κ2) is 1.87. The van der Waals surface area contributed by atoms with Gasteiger partial charge in [-0.15, -0.1) is 0 Å². The predicted molar refractivity (Wildman–Crippen MR) is 41.9 cm³/mol. The highest BCUT2D eigenvalue weighted by molar-refractivity contribution is 5.81. The Balaban J connectivity index is 2.95. The quantitative estimate of drug-likeness (QED) is 0.563. The molecule has 10 heavy (non-hydrogen) atoms. The number of aromatic amines is 1. The van der Waals surface area contributed by atoms with Crippen LogP contribution in [-0.2, 0) is 0 Å². The molecule has 1 N–H and O–H groups in total. The van der Waals surface area contributed by atoms with Crippen molar-refractivity contribution in [3.05, 3.63) is 36.0 Å². The molecule has 0 atom stereocenters. The van der Waals surface area contributed by atoms with Crippen LogP contribution >= 0.6 is 0 Å². The number of aryl methyl sites for hydroxylation is 1. The first-order chi connectivity index (χ1) is 4.88. The van der Waals surface area contributed by atoms with Crippen molar-refractivity contribution in [2.75, 3.05) is 0 Å². The standard InChI is InChI=1S/C9H8N/c1-7-3-2-4-8-5-6-10-9(7)8/h3-6,10H,1H3. The van der Waals surface area contributed by atoms with E-state index in [-0.39, 0.29) is 0 Å². The maximum absolute atomic E-state index is 3.17. The monoisotopic (exact) mass is 130 g/mol. The SMILES string of the molecule is Cc1c[c]cc2cc[nH]c12. The van der Waals surface area contributed by atoms with E-state index in [1.807, 2.05) is 18.3 Å². The minimum absolute atomic E-state index is 1.22. The third-order valence-corrected chi connectivity index (χ3v) is 1.71. The van der Waals surface area contributed by atoms with Crippen LogP contribution < -0.4 is 0 Å². The Bertz CT molecular complexity index is 346. The molecule has 2 aromatic rings. The number of aromatic nitrogens is 1. The molecule has 1 heteroatoms. The zero-order chi connectivity index (χ0) is 6.97. The van der Waals surface area contributed by atoms with E-state index < -0.39 is 0 Å². The van der Waals surface area contributed by atoms with Crippen LogP contribution in [0.3, 0.4) is 0 Å². The lowest BCUT2D eigenvalue weighted by molar-refractivity contribution is 1.42. The van der Waals surface area contributed by atoms with E-state index in [1.54, 1.807) is 0 Å². The summed E-state index contributed by atoms with van der Waals surface area (Å²) in [5.41, 5.74) is 2.47. The fourth-order valence-electron chi connectivity index (χ4n) is 1.17. The smallest absolute Gasteiger partial charge is 0.0484 e. The van der Waals surface area contributed by atoms with Crippen molar-refractivity contribution in [3.63, 3.8) is 0 Å². The van der Waals surface area contributed by atoms with Crippen LogP contribution in [0.4, 0.5) is 0 Å². The fraction of sp³-hybridized carbons (Fsp3) is 0.111. The maximum atomic E-state index is 3.17. The molecule has 1 radical (unpaired) electrons. The number of nitrogens with one attached hydrogen (secondary N) is 1. The van der Waals surface area contributed by atoms with Crippen molar-refractivity contribution >= 4 is 10.9 Å². The van der Waals surface area contributed by atoms with Gasteiger partial charge in [0.15, 0.2) is 0 Å². The van der Waals surface area contributed by atoms with Gasteiger partial charge in [0.25, 0.3) is 0 Å². The van der Waals surface area contributed by atoms with Gasteiger partial charge in [-0.2, -0.15) is 0 Å². The molecule has 0 amide bonds. The molecule has 0 bridgehead atoms. The van der Waals surface area contributed by atoms with Gasteiger partial charge in [-0.3, -0.25) is 0 Å². The van der Waals surface area contributed by atoms with E-state index in [0.29, 0.717) is 0 Å². The number of hydrogen-bond acceptors (Lipinski definition) is 0. The first kappa shape index (κ1) is 5.54. The average Bonchev–Trinajstić information content (AvgIpc) is 2.36. The fourth-order valence-corrected chi connectivity index (χ4v) is 1.17. The van der Waals surface area contributed by atoms with E-state index in [9.17, 15) is 0 Å². The van der Waals surface area contributed by atoms with Crippen LogP contribution in [0.15, 0.2) is 24.4 Å². The zero-order valence-corrected chi connectivity index (χ0v) is 5.81. The van der Waals surface area contributed by atoms with Crippen LogP contribution in [0.5, 0.6) is 0 Å². The highest BCUT2D eigenvalue weighted by atomic mass is 14.7. The summed E-state index contributed by atoms with van der Waals surface area (Å²) in [6.07, 6.45) is 1.95. The second-order valence-corrected chi connectivity index (χ2v) is 2.45. The molecule has 0 unspecified atom stereocenters. The number of hydrogen-bond donors (Lipinski definition) is 1. The number of rotatable bonds is 0. The third-order valence-electron chi connectivity index (χ3n) is 1.71. The van der Waals surface area contributed by atoms with Gasteiger partial charge >= 0.3 is 0 Å². The number of benzene rings is 1. The van der Waals surface area contributed by atoms with Crippen LogP contribution in [0.1, 0.15) is 5.56 Å². The van der Waals surface area contributed by atoms with Crippen LogP contribution in [0.25, 0.3) is 10.9 Å². The lowest BCUT2D eigenvalue weighted by atomic mass is 10.2. The summed E-state index contributed by atoms with van der Waals surface area (Å²) in [7, 11) is 0. The Hall–Kier alpha value is -1.24. The Morgan fingerprint density at radius 1 is 1.40 bits per heavy atom. The van der Waals surface area contributed by atoms with E-state index in [1.165, 1.54) is 16.5 Å². The lowest BCUT2D eigenvalue weighted by Gasteiger charge is -1.91. The molecule has 0 spiro atoms. The molecule has 1 heterocycles. The molecule has 0 aliphatic rings. The molecule has 2 rings (SSSR count). The van der Waals surface area contributed by atoms with Crippen molar-refractivity contribution in [1.82, 2.24) is 4.98 Å². The van der Waals surface area contributed by atoms with E-state index in [4.69, 9.17) is 0 Å². The van der Waals surface area contributed by atoms with Crippen molar-refractivity contribution < 1.29 is 0 Å². The van der Waals surface area contributed by atoms with E-state index >= 15 is 0 Å². The number of fused-ring (bicyclic) bond motifs is 1. The molecular weight excluding hydrogens is 122 g/mol. The lowest BCUT2D eigenvalue weighted by Crippen LogP contribution is -1.73. The minimum Gasteiger partial charge on any atom is -0.361 e. The van der Waals surface area contributed by atoms with E-state index in [2.05, 4.69) is 24.0 Å². The summed E-state index contributed by atoms with van der Waals surface area (Å²) in [6.45, 7) is 2.08. The molecule has 1 nitrogen and oxygen atoms in total. The average molecular weight is 130 g/mol. The molecule has 0 saturated carbocycles. The molecule has 1 aromatic heterocycles. The maximum Gasteiger partial charge on any atom is 0.0484 e. The van der Waals surface area contributed by atoms with Gasteiger partial charge in [0.2, 0.25) is 0 Å². The van der Waals surface area contributed by atoms with Crippen LogP contribution in [0, 0.1) is 13.0 Å². The third kappa shape index (κ3) is 0.637. The van der Waals surface area contributed by atoms with E-state index in [0.717, 1.165) is 0 Å². The zero-order valence-electron chi connectivity index (χ0n) is 5.81. The molecule has 0 aliphatic heterocycles. The first-order valence-electron chi connectivity index (χ1n) is 3.32. The predicted octanol–water partition coefficient (Wildman–Crippen LogP) is 2.28. The molecule has 1 aromatic carbocycles. The minimum atomic E-state index is 1.22. The van der Waals surface area contributed by atoms with Crippen molar-refractivity contribution in [2.24, 2.45) is 0 Å². The summed E-state index contributed by atoms with van der Waals surface area (Å²) in [6, 6.07) is 9.09. The van der Waals surface area contributed by atoms with Crippen molar-refractivity contribution in [2.45, 2.75) is 6.92 Å². The molecular formula is C9H8N. The number of H-pyrrole nitrogens is 1.